The molecule has 0 unspecified atom stereocenters. The topological polar surface area (TPSA) is 74.1 Å². The van der Waals surface area contributed by atoms with Crippen molar-refractivity contribution in [2.45, 2.75) is 39.2 Å². The summed E-state index contributed by atoms with van der Waals surface area (Å²) in [5, 5.41) is 8.08. The van der Waals surface area contributed by atoms with Crippen LogP contribution in [-0.4, -0.2) is 33.4 Å². The van der Waals surface area contributed by atoms with Crippen LogP contribution in [0.2, 0.25) is 0 Å². The first-order chi connectivity index (χ1) is 13.2. The van der Waals surface area contributed by atoms with Gasteiger partial charge in [0.25, 0.3) is 0 Å². The normalized spacial score (nSPS) is 13.4. The van der Waals surface area contributed by atoms with Crippen molar-refractivity contribution in [2.24, 2.45) is 0 Å². The predicted molar refractivity (Wildman–Crippen MR) is 101 cm³/mol. The van der Waals surface area contributed by atoms with Crippen LogP contribution in [0.3, 0.4) is 0 Å². The van der Waals surface area contributed by atoms with Crippen molar-refractivity contribution in [1.29, 1.82) is 0 Å². The quantitative estimate of drug-likeness (QED) is 0.513. The molecule has 1 aliphatic rings. The number of Topliss-reactive ketones (excluding diaryl/α,β-unsaturated/α-hetero) is 1. The minimum absolute atomic E-state index is 0.185. The van der Waals surface area contributed by atoms with E-state index in [4.69, 9.17) is 4.74 Å². The van der Waals surface area contributed by atoms with Crippen LogP contribution >= 0.6 is 0 Å². The molecule has 1 heterocycles. The Morgan fingerprint density at radius 2 is 1.81 bits per heavy atom. The van der Waals surface area contributed by atoms with E-state index in [1.807, 2.05) is 25.1 Å². The lowest BCUT2D eigenvalue weighted by molar-refractivity contribution is 0.0475. The van der Waals surface area contributed by atoms with Gasteiger partial charge in [0.15, 0.2) is 12.4 Å². The number of carbonyl (C=O) groups is 2. The monoisotopic (exact) mass is 363 g/mol. The maximum Gasteiger partial charge on any atom is 0.338 e. The highest BCUT2D eigenvalue weighted by Gasteiger charge is 2.16. The molecule has 0 atom stereocenters. The third-order valence-corrected chi connectivity index (χ3v) is 5.05. The van der Waals surface area contributed by atoms with Gasteiger partial charge in [-0.05, 0) is 68.0 Å². The van der Waals surface area contributed by atoms with Gasteiger partial charge in [-0.2, -0.15) is 0 Å². The minimum Gasteiger partial charge on any atom is -0.454 e. The fraction of sp³-hybridized carbons (Fsp3) is 0.333. The van der Waals surface area contributed by atoms with Crippen LogP contribution in [0.25, 0.3) is 11.0 Å². The number of ketones is 1. The van der Waals surface area contributed by atoms with E-state index in [2.05, 4.69) is 10.3 Å². The Bertz CT molecular complexity index is 1020. The molecule has 3 aromatic rings. The van der Waals surface area contributed by atoms with Gasteiger partial charge in [-0.25, -0.2) is 9.48 Å². The Hall–Kier alpha value is -3.02. The molecule has 4 rings (SSSR count). The Morgan fingerprint density at radius 1 is 1.04 bits per heavy atom. The van der Waals surface area contributed by atoms with Crippen LogP contribution in [0, 0.1) is 0 Å². The number of ether oxygens (including phenoxy) is 1. The first-order valence-electron chi connectivity index (χ1n) is 9.31. The fourth-order valence-electron chi connectivity index (χ4n) is 3.54. The van der Waals surface area contributed by atoms with E-state index < -0.39 is 5.97 Å². The van der Waals surface area contributed by atoms with E-state index in [0.717, 1.165) is 24.8 Å². The van der Waals surface area contributed by atoms with Gasteiger partial charge < -0.3 is 4.74 Å². The molecular formula is C21H21N3O3. The van der Waals surface area contributed by atoms with Crippen LogP contribution in [-0.2, 0) is 24.1 Å². The molecule has 0 bridgehead atoms. The summed E-state index contributed by atoms with van der Waals surface area (Å²) in [6.45, 7) is 2.41. The van der Waals surface area contributed by atoms with Crippen LogP contribution in [0.15, 0.2) is 36.4 Å². The Kier molecular flexibility index (Phi) is 4.71. The molecule has 6 heteroatoms. The van der Waals surface area contributed by atoms with Crippen LogP contribution in [0.1, 0.15) is 51.6 Å². The van der Waals surface area contributed by atoms with Gasteiger partial charge >= 0.3 is 5.97 Å². The number of rotatable bonds is 5. The Morgan fingerprint density at radius 3 is 2.63 bits per heavy atom. The number of nitrogens with zero attached hydrogens (tertiary/aromatic N) is 3. The van der Waals surface area contributed by atoms with Gasteiger partial charge in [-0.15, -0.1) is 5.10 Å². The SMILES string of the molecule is CCn1nnc2cc(C(=O)OCC(=O)c3ccc4c(c3)CCCC4)ccc21. The summed E-state index contributed by atoms with van der Waals surface area (Å²) in [4.78, 5) is 24.7. The van der Waals surface area contributed by atoms with E-state index >= 15 is 0 Å². The van der Waals surface area contributed by atoms with Gasteiger partial charge in [0.05, 0.1) is 11.1 Å². The molecule has 1 aromatic heterocycles. The predicted octanol–water partition coefficient (Wildman–Crippen LogP) is 3.37. The maximum absolute atomic E-state index is 12.4. The van der Waals surface area contributed by atoms with Crippen LogP contribution in [0.5, 0.6) is 0 Å². The molecular weight excluding hydrogens is 342 g/mol. The van der Waals surface area contributed by atoms with E-state index in [1.54, 1.807) is 22.9 Å². The molecule has 0 fully saturated rings. The van der Waals surface area contributed by atoms with Crippen molar-refractivity contribution < 1.29 is 14.3 Å². The van der Waals surface area contributed by atoms with Gasteiger partial charge in [0.1, 0.15) is 5.52 Å². The van der Waals surface area contributed by atoms with Crippen molar-refractivity contribution in [2.75, 3.05) is 6.61 Å². The Labute approximate surface area is 157 Å². The van der Waals surface area contributed by atoms with Crippen LogP contribution < -0.4 is 0 Å². The summed E-state index contributed by atoms with van der Waals surface area (Å²) in [6.07, 6.45) is 4.44. The molecule has 0 spiro atoms. The highest BCUT2D eigenvalue weighted by atomic mass is 16.5. The van der Waals surface area contributed by atoms with Crippen molar-refractivity contribution in [3.8, 4) is 0 Å². The van der Waals surface area contributed by atoms with Crippen molar-refractivity contribution in [3.05, 3.63) is 58.7 Å². The second-order valence-corrected chi connectivity index (χ2v) is 6.80. The van der Waals surface area contributed by atoms with Gasteiger partial charge in [-0.1, -0.05) is 17.3 Å². The summed E-state index contributed by atoms with van der Waals surface area (Å²) in [5.74, 6) is -0.719. The largest absolute Gasteiger partial charge is 0.454 e. The van der Waals surface area contributed by atoms with Gasteiger partial charge in [0.2, 0.25) is 0 Å². The first-order valence-corrected chi connectivity index (χ1v) is 9.31. The molecule has 6 nitrogen and oxygen atoms in total. The standard InChI is InChI=1S/C21H21N3O3/c1-2-24-19-10-9-17(12-18(19)22-23-24)21(26)27-13-20(25)16-8-7-14-5-3-4-6-15(14)11-16/h7-12H,2-6,13H2,1H3. The molecule has 0 aliphatic heterocycles. The molecule has 138 valence electrons. The molecule has 1 aliphatic carbocycles. The summed E-state index contributed by atoms with van der Waals surface area (Å²) in [6, 6.07) is 10.9. The molecule has 27 heavy (non-hydrogen) atoms. The number of carbonyl (C=O) groups excluding carboxylic acids is 2. The average molecular weight is 363 g/mol. The van der Waals surface area contributed by atoms with Gasteiger partial charge in [0, 0.05) is 12.1 Å². The summed E-state index contributed by atoms with van der Waals surface area (Å²) >= 11 is 0. The number of aryl methyl sites for hydroxylation is 3. The minimum atomic E-state index is -0.533. The number of benzene rings is 2. The van der Waals surface area contributed by atoms with Crippen LogP contribution in [0.4, 0.5) is 0 Å². The molecule has 0 saturated heterocycles. The number of aromatic nitrogens is 3. The fourth-order valence-corrected chi connectivity index (χ4v) is 3.54. The lowest BCUT2D eigenvalue weighted by Gasteiger charge is -2.16. The van der Waals surface area contributed by atoms with E-state index in [1.165, 1.54) is 17.5 Å². The number of esters is 1. The zero-order valence-corrected chi connectivity index (χ0v) is 15.3. The van der Waals surface area contributed by atoms with E-state index in [-0.39, 0.29) is 12.4 Å². The smallest absolute Gasteiger partial charge is 0.338 e. The number of hydrogen-bond donors (Lipinski definition) is 0. The molecule has 0 saturated carbocycles. The summed E-state index contributed by atoms with van der Waals surface area (Å²) in [5.41, 5.74) is 5.02. The highest BCUT2D eigenvalue weighted by Crippen LogP contribution is 2.22. The lowest BCUT2D eigenvalue weighted by atomic mass is 9.90. The number of hydrogen-bond acceptors (Lipinski definition) is 5. The highest BCUT2D eigenvalue weighted by molar-refractivity contribution is 6.00. The second kappa shape index (κ2) is 7.31. The van der Waals surface area contributed by atoms with Crippen molar-refractivity contribution >= 4 is 22.8 Å². The summed E-state index contributed by atoms with van der Waals surface area (Å²) < 4.78 is 6.98. The molecule has 0 N–H and O–H groups in total. The first kappa shape index (κ1) is 17.4. The second-order valence-electron chi connectivity index (χ2n) is 6.80. The molecule has 0 amide bonds. The lowest BCUT2D eigenvalue weighted by Crippen LogP contribution is -2.15. The zero-order chi connectivity index (χ0) is 18.8. The summed E-state index contributed by atoms with van der Waals surface area (Å²) in [7, 11) is 0. The number of fused-ring (bicyclic) bond motifs is 2. The maximum atomic E-state index is 12.4. The third kappa shape index (κ3) is 3.47. The Balaban J connectivity index is 1.43. The average Bonchev–Trinajstić information content (AvgIpc) is 3.13. The third-order valence-electron chi connectivity index (χ3n) is 5.05. The zero-order valence-electron chi connectivity index (χ0n) is 15.3. The molecule has 2 aromatic carbocycles. The van der Waals surface area contributed by atoms with Crippen molar-refractivity contribution in [1.82, 2.24) is 15.0 Å². The molecule has 0 radical (unpaired) electrons. The van der Waals surface area contributed by atoms with Crippen molar-refractivity contribution in [3.63, 3.8) is 0 Å². The van der Waals surface area contributed by atoms with E-state index in [0.29, 0.717) is 23.2 Å². The van der Waals surface area contributed by atoms with Gasteiger partial charge in [-0.3, -0.25) is 4.79 Å². The van der Waals surface area contributed by atoms with E-state index in [9.17, 15) is 9.59 Å².